The Morgan fingerprint density at radius 1 is 1.32 bits per heavy atom. The molecule has 1 aliphatic carbocycles. The summed E-state index contributed by atoms with van der Waals surface area (Å²) in [5, 5.41) is 3.16. The number of rotatable bonds is 4. The van der Waals surface area contributed by atoms with Gasteiger partial charge in [0, 0.05) is 19.6 Å². The molecule has 3 nitrogen and oxygen atoms in total. The lowest BCUT2D eigenvalue weighted by molar-refractivity contribution is 0.222. The van der Waals surface area contributed by atoms with Crippen molar-refractivity contribution in [3.63, 3.8) is 0 Å². The highest BCUT2D eigenvalue weighted by atomic mass is 15.2. The zero-order valence-corrected chi connectivity index (χ0v) is 12.7. The van der Waals surface area contributed by atoms with Crippen LogP contribution in [0.25, 0.3) is 0 Å². The quantitative estimate of drug-likeness (QED) is 0.902. The standard InChI is InChI=1S/C16H27N3/c1-16(2)10-8-14(9-11-16)19(4)15-7-5-6-13(18-15)12-17-3/h5-7,14,17H,8-12H2,1-4H3. The first kappa shape index (κ1) is 14.3. The summed E-state index contributed by atoms with van der Waals surface area (Å²) in [5.74, 6) is 1.11. The first-order chi connectivity index (χ1) is 9.02. The van der Waals surface area contributed by atoms with E-state index in [4.69, 9.17) is 4.98 Å². The van der Waals surface area contributed by atoms with Crippen molar-refractivity contribution in [3.8, 4) is 0 Å². The summed E-state index contributed by atoms with van der Waals surface area (Å²) in [6.07, 6.45) is 5.19. The molecule has 0 spiro atoms. The highest BCUT2D eigenvalue weighted by Gasteiger charge is 2.29. The van der Waals surface area contributed by atoms with Gasteiger partial charge in [-0.3, -0.25) is 0 Å². The van der Waals surface area contributed by atoms with Crippen LogP contribution >= 0.6 is 0 Å². The molecule has 1 heterocycles. The maximum Gasteiger partial charge on any atom is 0.128 e. The summed E-state index contributed by atoms with van der Waals surface area (Å²) in [6, 6.07) is 6.96. The van der Waals surface area contributed by atoms with E-state index in [9.17, 15) is 0 Å². The van der Waals surface area contributed by atoms with Crippen molar-refractivity contribution < 1.29 is 0 Å². The maximum atomic E-state index is 4.74. The molecule has 0 aromatic carbocycles. The Morgan fingerprint density at radius 2 is 2.00 bits per heavy atom. The van der Waals surface area contributed by atoms with Gasteiger partial charge in [0.1, 0.15) is 5.82 Å². The second kappa shape index (κ2) is 5.91. The lowest BCUT2D eigenvalue weighted by Crippen LogP contribution is -2.37. The van der Waals surface area contributed by atoms with Crippen LogP contribution in [-0.2, 0) is 6.54 Å². The van der Waals surface area contributed by atoms with Crippen LogP contribution in [0.15, 0.2) is 18.2 Å². The normalized spacial score (nSPS) is 19.4. The number of hydrogen-bond donors (Lipinski definition) is 1. The number of nitrogens with zero attached hydrogens (tertiary/aromatic N) is 2. The number of nitrogens with one attached hydrogen (secondary N) is 1. The predicted molar refractivity (Wildman–Crippen MR) is 81.4 cm³/mol. The maximum absolute atomic E-state index is 4.74. The van der Waals surface area contributed by atoms with E-state index in [2.05, 4.69) is 49.3 Å². The first-order valence-electron chi connectivity index (χ1n) is 7.35. The Labute approximate surface area is 117 Å². The Hall–Kier alpha value is -1.09. The van der Waals surface area contributed by atoms with E-state index in [0.717, 1.165) is 18.1 Å². The van der Waals surface area contributed by atoms with E-state index in [-0.39, 0.29) is 0 Å². The number of aromatic nitrogens is 1. The molecule has 1 aromatic rings. The number of pyridine rings is 1. The molecule has 1 aliphatic rings. The molecule has 0 saturated heterocycles. The Morgan fingerprint density at radius 3 is 2.63 bits per heavy atom. The summed E-state index contributed by atoms with van der Waals surface area (Å²) >= 11 is 0. The second-order valence-electron chi connectivity index (χ2n) is 6.52. The molecule has 0 unspecified atom stereocenters. The summed E-state index contributed by atoms with van der Waals surface area (Å²) < 4.78 is 0. The minimum atomic E-state index is 0.527. The first-order valence-corrected chi connectivity index (χ1v) is 7.35. The lowest BCUT2D eigenvalue weighted by Gasteiger charge is -2.39. The van der Waals surface area contributed by atoms with Gasteiger partial charge in [0.15, 0.2) is 0 Å². The fourth-order valence-electron chi connectivity index (χ4n) is 2.90. The molecule has 0 amide bonds. The third-order valence-corrected chi connectivity index (χ3v) is 4.37. The fraction of sp³-hybridized carbons (Fsp3) is 0.688. The molecule has 19 heavy (non-hydrogen) atoms. The van der Waals surface area contributed by atoms with Crippen molar-refractivity contribution in [2.45, 2.75) is 52.1 Å². The third-order valence-electron chi connectivity index (χ3n) is 4.37. The van der Waals surface area contributed by atoms with Gasteiger partial charge in [0.2, 0.25) is 0 Å². The molecule has 1 saturated carbocycles. The van der Waals surface area contributed by atoms with Crippen LogP contribution in [0.3, 0.4) is 0 Å². The van der Waals surface area contributed by atoms with Gasteiger partial charge in [-0.15, -0.1) is 0 Å². The molecule has 1 N–H and O–H groups in total. The predicted octanol–water partition coefficient (Wildman–Crippen LogP) is 3.21. The molecule has 0 radical (unpaired) electrons. The fourth-order valence-corrected chi connectivity index (χ4v) is 2.90. The highest BCUT2D eigenvalue weighted by Crippen LogP contribution is 2.37. The van der Waals surface area contributed by atoms with Gasteiger partial charge in [0.05, 0.1) is 5.69 Å². The van der Waals surface area contributed by atoms with Crippen LogP contribution in [0.2, 0.25) is 0 Å². The summed E-state index contributed by atoms with van der Waals surface area (Å²) in [5.41, 5.74) is 1.64. The van der Waals surface area contributed by atoms with Gasteiger partial charge in [-0.2, -0.15) is 0 Å². The zero-order chi connectivity index (χ0) is 13.9. The van der Waals surface area contributed by atoms with Gasteiger partial charge in [-0.1, -0.05) is 19.9 Å². The summed E-state index contributed by atoms with van der Waals surface area (Å²) in [4.78, 5) is 7.11. The van der Waals surface area contributed by atoms with E-state index in [0.29, 0.717) is 11.5 Å². The van der Waals surface area contributed by atoms with E-state index in [1.54, 1.807) is 0 Å². The highest BCUT2D eigenvalue weighted by molar-refractivity contribution is 5.39. The van der Waals surface area contributed by atoms with Crippen LogP contribution in [0, 0.1) is 5.41 Å². The monoisotopic (exact) mass is 261 g/mol. The average molecular weight is 261 g/mol. The van der Waals surface area contributed by atoms with Gasteiger partial charge in [0.25, 0.3) is 0 Å². The van der Waals surface area contributed by atoms with Crippen LogP contribution in [-0.4, -0.2) is 25.1 Å². The molecule has 2 rings (SSSR count). The second-order valence-corrected chi connectivity index (χ2v) is 6.52. The van der Waals surface area contributed by atoms with E-state index in [1.165, 1.54) is 25.7 Å². The molecule has 1 aromatic heterocycles. The van der Waals surface area contributed by atoms with Crippen molar-refractivity contribution in [1.29, 1.82) is 0 Å². The van der Waals surface area contributed by atoms with E-state index >= 15 is 0 Å². The van der Waals surface area contributed by atoms with Gasteiger partial charge in [-0.05, 0) is 50.3 Å². The molecule has 106 valence electrons. The molecule has 0 atom stereocenters. The van der Waals surface area contributed by atoms with Gasteiger partial charge in [-0.25, -0.2) is 4.98 Å². The smallest absolute Gasteiger partial charge is 0.128 e. The molecule has 1 fully saturated rings. The zero-order valence-electron chi connectivity index (χ0n) is 12.7. The minimum absolute atomic E-state index is 0.527. The molecule has 0 aliphatic heterocycles. The van der Waals surface area contributed by atoms with Gasteiger partial charge >= 0.3 is 0 Å². The van der Waals surface area contributed by atoms with Crippen molar-refractivity contribution in [3.05, 3.63) is 23.9 Å². The summed E-state index contributed by atoms with van der Waals surface area (Å²) in [7, 11) is 4.15. The van der Waals surface area contributed by atoms with Crippen LogP contribution < -0.4 is 10.2 Å². The Balaban J connectivity index is 2.03. The van der Waals surface area contributed by atoms with Crippen molar-refractivity contribution in [2.75, 3.05) is 19.0 Å². The van der Waals surface area contributed by atoms with Crippen molar-refractivity contribution in [1.82, 2.24) is 10.3 Å². The van der Waals surface area contributed by atoms with Crippen LogP contribution in [0.1, 0.15) is 45.2 Å². The lowest BCUT2D eigenvalue weighted by atomic mass is 9.75. The number of anilines is 1. The molecular weight excluding hydrogens is 234 g/mol. The minimum Gasteiger partial charge on any atom is -0.357 e. The van der Waals surface area contributed by atoms with Crippen LogP contribution in [0.5, 0.6) is 0 Å². The number of hydrogen-bond acceptors (Lipinski definition) is 3. The van der Waals surface area contributed by atoms with E-state index < -0.39 is 0 Å². The Bertz CT molecular complexity index is 404. The van der Waals surface area contributed by atoms with E-state index in [1.807, 2.05) is 7.05 Å². The molecular formula is C16H27N3. The van der Waals surface area contributed by atoms with Gasteiger partial charge < -0.3 is 10.2 Å². The Kier molecular flexibility index (Phi) is 4.46. The third kappa shape index (κ3) is 3.69. The van der Waals surface area contributed by atoms with Crippen molar-refractivity contribution in [2.24, 2.45) is 5.41 Å². The molecule has 3 heteroatoms. The SMILES string of the molecule is CNCc1cccc(N(C)C2CCC(C)(C)CC2)n1. The average Bonchev–Trinajstić information content (AvgIpc) is 2.39. The van der Waals surface area contributed by atoms with Crippen molar-refractivity contribution >= 4 is 5.82 Å². The van der Waals surface area contributed by atoms with Crippen LogP contribution in [0.4, 0.5) is 5.82 Å². The molecule has 0 bridgehead atoms. The summed E-state index contributed by atoms with van der Waals surface area (Å²) in [6.45, 7) is 5.60. The topological polar surface area (TPSA) is 28.2 Å². The largest absolute Gasteiger partial charge is 0.357 e.